The van der Waals surface area contributed by atoms with Crippen LogP contribution in [0.3, 0.4) is 0 Å². The highest BCUT2D eigenvalue weighted by Gasteiger charge is 2.55. The number of fused-ring (bicyclic) bond motifs is 3. The van der Waals surface area contributed by atoms with E-state index in [9.17, 15) is 9.90 Å². The van der Waals surface area contributed by atoms with Crippen molar-refractivity contribution in [3.63, 3.8) is 0 Å². The fourth-order valence-corrected chi connectivity index (χ4v) is 7.48. The van der Waals surface area contributed by atoms with E-state index < -0.39 is 0 Å². The van der Waals surface area contributed by atoms with Gasteiger partial charge < -0.3 is 19.3 Å². The van der Waals surface area contributed by atoms with Gasteiger partial charge in [-0.15, -0.1) is 0 Å². The molecule has 6 heteroatoms. The third-order valence-corrected chi connectivity index (χ3v) is 9.27. The van der Waals surface area contributed by atoms with Crippen molar-refractivity contribution in [2.45, 2.75) is 64.0 Å². The summed E-state index contributed by atoms with van der Waals surface area (Å²) < 4.78 is 17.1. The normalized spacial score (nSPS) is 35.2. The first-order valence-electron chi connectivity index (χ1n) is 12.9. The molecule has 0 radical (unpaired) electrons. The average molecular weight is 470 g/mol. The molecule has 2 saturated carbocycles. The number of hydrogen-bond acceptors (Lipinski definition) is 6. The van der Waals surface area contributed by atoms with Gasteiger partial charge >= 0.3 is 5.97 Å². The molecule has 6 atom stereocenters. The quantitative estimate of drug-likeness (QED) is 0.495. The van der Waals surface area contributed by atoms with E-state index in [1.54, 1.807) is 14.2 Å². The van der Waals surface area contributed by atoms with E-state index in [-0.39, 0.29) is 42.0 Å². The minimum Gasteiger partial charge on any atom is -0.493 e. The third kappa shape index (κ3) is 3.93. The number of esters is 1. The summed E-state index contributed by atoms with van der Waals surface area (Å²) in [5.41, 5.74) is 3.98. The van der Waals surface area contributed by atoms with Crippen LogP contribution in [-0.4, -0.2) is 56.0 Å². The highest BCUT2D eigenvalue weighted by atomic mass is 16.6. The minimum atomic E-state index is -0.118. The largest absolute Gasteiger partial charge is 0.493 e. The second-order valence-electron chi connectivity index (χ2n) is 11.1. The molecule has 5 rings (SSSR count). The number of benzene rings is 1. The lowest BCUT2D eigenvalue weighted by Gasteiger charge is -2.50. The fraction of sp³-hybridized carbons (Fsp3) is 0.679. The maximum absolute atomic E-state index is 13.1. The lowest BCUT2D eigenvalue weighted by Crippen LogP contribution is -2.46. The number of methoxy groups -OCH3 is 2. The molecule has 0 unspecified atom stereocenters. The topological polar surface area (TPSA) is 68.2 Å². The van der Waals surface area contributed by atoms with Gasteiger partial charge in [0.15, 0.2) is 11.5 Å². The molecule has 0 bridgehead atoms. The Labute approximate surface area is 203 Å². The molecule has 0 aromatic heterocycles. The van der Waals surface area contributed by atoms with Crippen molar-refractivity contribution < 1.29 is 24.1 Å². The molecule has 1 aromatic carbocycles. The van der Waals surface area contributed by atoms with Gasteiger partial charge in [0.25, 0.3) is 0 Å². The molecule has 2 aliphatic carbocycles. The molecule has 2 aliphatic heterocycles. The van der Waals surface area contributed by atoms with Gasteiger partial charge in [-0.1, -0.05) is 19.1 Å². The average Bonchev–Trinajstić information content (AvgIpc) is 3.11. The Bertz CT molecular complexity index is 960. The van der Waals surface area contributed by atoms with Gasteiger partial charge in [0.2, 0.25) is 0 Å². The van der Waals surface area contributed by atoms with Gasteiger partial charge in [-0.3, -0.25) is 9.69 Å². The van der Waals surface area contributed by atoms with E-state index in [2.05, 4.69) is 30.5 Å². The number of hydrogen-bond donors (Lipinski definition) is 1. The number of rotatable bonds is 6. The highest BCUT2D eigenvalue weighted by Crippen LogP contribution is 2.57. The second kappa shape index (κ2) is 9.19. The van der Waals surface area contributed by atoms with Crippen molar-refractivity contribution in [2.75, 3.05) is 33.9 Å². The summed E-state index contributed by atoms with van der Waals surface area (Å²) in [7, 11) is 3.30. The van der Waals surface area contributed by atoms with E-state index in [0.717, 1.165) is 43.5 Å². The van der Waals surface area contributed by atoms with Crippen LogP contribution in [0, 0.1) is 23.2 Å². The molecule has 1 N–H and O–H groups in total. The van der Waals surface area contributed by atoms with Crippen LogP contribution in [0.5, 0.6) is 11.5 Å². The van der Waals surface area contributed by atoms with Crippen LogP contribution in [0.1, 0.15) is 62.6 Å². The maximum atomic E-state index is 13.1. The second-order valence-corrected chi connectivity index (χ2v) is 11.1. The number of nitrogens with zero attached hydrogens (tertiary/aromatic N) is 1. The first-order valence-corrected chi connectivity index (χ1v) is 12.9. The van der Waals surface area contributed by atoms with Crippen molar-refractivity contribution in [3.8, 4) is 11.5 Å². The van der Waals surface area contributed by atoms with Crippen LogP contribution in [0.15, 0.2) is 24.3 Å². The van der Waals surface area contributed by atoms with Crippen molar-refractivity contribution in [1.29, 1.82) is 0 Å². The lowest BCUT2D eigenvalue weighted by molar-refractivity contribution is -0.146. The van der Waals surface area contributed by atoms with Gasteiger partial charge in [-0.25, -0.2) is 0 Å². The number of carbonyl (C=O) groups excluding carboxylic acids is 1. The summed E-state index contributed by atoms with van der Waals surface area (Å²) in [6.45, 7) is 8.42. The molecule has 4 aliphatic rings. The van der Waals surface area contributed by atoms with Gasteiger partial charge in [0, 0.05) is 31.7 Å². The Hall–Kier alpha value is -2.05. The standard InChI is InChI=1S/C28H39NO5/c1-17-6-5-9-28(2)15-26-20(13-22(17)28)21(27(31)34-26)16-29-10-7-18-12-24(32-3)25(33-4)14-19(18)23(29)8-11-30/h12,14,20-23,26,30H,1,5-11,13,15-16H2,2-4H3/t20-,21-,22+,23-,26+,28+/m0/s1. The molecule has 6 nitrogen and oxygen atoms in total. The highest BCUT2D eigenvalue weighted by molar-refractivity contribution is 5.75. The number of carbonyl (C=O) groups is 1. The van der Waals surface area contributed by atoms with Crippen LogP contribution in [-0.2, 0) is 16.0 Å². The van der Waals surface area contributed by atoms with Crippen LogP contribution in [0.2, 0.25) is 0 Å². The lowest BCUT2D eigenvalue weighted by atomic mass is 9.55. The molecule has 1 aromatic rings. The van der Waals surface area contributed by atoms with E-state index >= 15 is 0 Å². The molecule has 0 amide bonds. The van der Waals surface area contributed by atoms with Crippen LogP contribution in [0.4, 0.5) is 0 Å². The summed E-state index contributed by atoms with van der Waals surface area (Å²) in [5, 5.41) is 9.89. The van der Waals surface area contributed by atoms with Gasteiger partial charge in [0.1, 0.15) is 6.10 Å². The van der Waals surface area contributed by atoms with Crippen LogP contribution in [0.25, 0.3) is 0 Å². The SMILES string of the molecule is C=C1CCC[C@]2(C)C[C@H]3OC(=O)[C@@H](CN4CCc5cc(OC)c(OC)cc5[C@@H]4CCO)[C@@H]3C[C@H]12. The molecular weight excluding hydrogens is 430 g/mol. The van der Waals surface area contributed by atoms with E-state index in [1.807, 2.05) is 0 Å². The third-order valence-electron chi connectivity index (χ3n) is 9.27. The van der Waals surface area contributed by atoms with Gasteiger partial charge in [-0.2, -0.15) is 0 Å². The Kier molecular flexibility index (Phi) is 6.40. The van der Waals surface area contributed by atoms with Crippen LogP contribution >= 0.6 is 0 Å². The predicted octanol–water partition coefficient (Wildman–Crippen LogP) is 4.30. The molecular formula is C28H39NO5. The van der Waals surface area contributed by atoms with Gasteiger partial charge in [-0.05, 0) is 79.5 Å². The molecule has 186 valence electrons. The zero-order valence-electron chi connectivity index (χ0n) is 20.8. The van der Waals surface area contributed by atoms with Crippen molar-refractivity contribution >= 4 is 5.97 Å². The van der Waals surface area contributed by atoms with Gasteiger partial charge in [0.05, 0.1) is 20.1 Å². The molecule has 3 fully saturated rings. The first-order chi connectivity index (χ1) is 16.4. The maximum Gasteiger partial charge on any atom is 0.310 e. The Morgan fingerprint density at radius 1 is 1.24 bits per heavy atom. The molecule has 1 saturated heterocycles. The zero-order chi connectivity index (χ0) is 24.0. The monoisotopic (exact) mass is 469 g/mol. The zero-order valence-corrected chi connectivity index (χ0v) is 20.8. The van der Waals surface area contributed by atoms with Crippen molar-refractivity contribution in [2.24, 2.45) is 23.2 Å². The summed E-state index contributed by atoms with van der Waals surface area (Å²) in [6.07, 6.45) is 7.02. The first kappa shape index (κ1) is 23.7. The Morgan fingerprint density at radius 2 is 2.00 bits per heavy atom. The van der Waals surface area contributed by atoms with E-state index in [1.165, 1.54) is 24.0 Å². The molecule has 34 heavy (non-hydrogen) atoms. The van der Waals surface area contributed by atoms with Crippen LogP contribution < -0.4 is 9.47 Å². The van der Waals surface area contributed by atoms with E-state index in [4.69, 9.17) is 14.2 Å². The Balaban J connectivity index is 1.39. The Morgan fingerprint density at radius 3 is 2.74 bits per heavy atom. The summed E-state index contributed by atoms with van der Waals surface area (Å²) >= 11 is 0. The summed E-state index contributed by atoms with van der Waals surface area (Å²) in [6, 6.07) is 4.15. The number of allylic oxidation sites excluding steroid dienone is 1. The summed E-state index contributed by atoms with van der Waals surface area (Å²) in [4.78, 5) is 15.5. The number of ether oxygens (including phenoxy) is 3. The number of aliphatic hydroxyl groups is 1. The van der Waals surface area contributed by atoms with Crippen molar-refractivity contribution in [1.82, 2.24) is 4.90 Å². The summed E-state index contributed by atoms with van der Waals surface area (Å²) in [5.74, 6) is 2.02. The number of aliphatic hydroxyl groups excluding tert-OH is 1. The fourth-order valence-electron chi connectivity index (χ4n) is 7.48. The minimum absolute atomic E-state index is 0.0300. The van der Waals surface area contributed by atoms with E-state index in [0.29, 0.717) is 24.6 Å². The predicted molar refractivity (Wildman–Crippen MR) is 130 cm³/mol. The molecule has 0 spiro atoms. The van der Waals surface area contributed by atoms with Crippen molar-refractivity contribution in [3.05, 3.63) is 35.4 Å². The smallest absolute Gasteiger partial charge is 0.310 e. The molecule has 2 heterocycles.